The molecule has 0 bridgehead atoms. The normalized spacial score (nSPS) is 10.6. The molecule has 0 saturated heterocycles. The molecule has 0 atom stereocenters. The summed E-state index contributed by atoms with van der Waals surface area (Å²) in [5.41, 5.74) is -2.01. The summed E-state index contributed by atoms with van der Waals surface area (Å²) in [4.78, 5) is 0. The van der Waals surface area contributed by atoms with Crippen LogP contribution >= 0.6 is 19.1 Å². The SMILES string of the molecule is CC(C)(O)C(C)(C)O.[Cl][Pd+3][Cl].[O-]B([O-])[O-]. The van der Waals surface area contributed by atoms with E-state index in [0.29, 0.717) is 0 Å². The Balaban J connectivity index is -0.000000173. The molecule has 0 unspecified atom stereocenters. The van der Waals surface area contributed by atoms with Gasteiger partial charge >= 0.3 is 35.0 Å². The van der Waals surface area contributed by atoms with Crippen LogP contribution in [-0.2, 0) is 15.9 Å². The smallest absolute Gasteiger partial charge is 0.278 e. The van der Waals surface area contributed by atoms with Gasteiger partial charge in [-0.1, -0.05) is 0 Å². The van der Waals surface area contributed by atoms with E-state index >= 15 is 0 Å². The summed E-state index contributed by atoms with van der Waals surface area (Å²) < 4.78 is 0. The zero-order chi connectivity index (χ0) is 13.3. The molecule has 5 nitrogen and oxygen atoms in total. The summed E-state index contributed by atoms with van der Waals surface area (Å²) in [6, 6.07) is 0. The molecule has 0 aromatic heterocycles. The summed E-state index contributed by atoms with van der Waals surface area (Å²) in [6.07, 6.45) is 0. The van der Waals surface area contributed by atoms with E-state index in [1.54, 1.807) is 27.7 Å². The van der Waals surface area contributed by atoms with Gasteiger partial charge in [0.05, 0.1) is 11.2 Å². The quantitative estimate of drug-likeness (QED) is 0.527. The average molecular weight is 354 g/mol. The molecule has 0 aromatic carbocycles. The monoisotopic (exact) mass is 353 g/mol. The van der Waals surface area contributed by atoms with Crippen molar-refractivity contribution in [2.45, 2.75) is 38.9 Å². The van der Waals surface area contributed by atoms with Crippen molar-refractivity contribution in [2.24, 2.45) is 0 Å². The second-order valence-electron chi connectivity index (χ2n) is 3.45. The summed E-state index contributed by atoms with van der Waals surface area (Å²) in [6.45, 7) is 6.31. The third-order valence-corrected chi connectivity index (χ3v) is 1.50. The Morgan fingerprint density at radius 3 is 1.00 bits per heavy atom. The van der Waals surface area contributed by atoms with Gasteiger partial charge < -0.3 is 25.3 Å². The van der Waals surface area contributed by atoms with E-state index in [-0.39, 0.29) is 15.9 Å². The molecular formula is C6H14BCl2O5Pd. The first-order valence-corrected chi connectivity index (χ1v) is 7.65. The van der Waals surface area contributed by atoms with Crippen molar-refractivity contribution in [3.63, 3.8) is 0 Å². The largest absolute Gasteiger partial charge is 0.907 e. The van der Waals surface area contributed by atoms with E-state index in [0.717, 1.165) is 0 Å². The summed E-state index contributed by atoms with van der Waals surface area (Å²) >= 11 is -0.106. The molecule has 0 rings (SSSR count). The van der Waals surface area contributed by atoms with Crippen LogP contribution in [-0.4, -0.2) is 28.7 Å². The number of aliphatic hydroxyl groups is 2. The maximum Gasteiger partial charge on any atom is -0.278 e. The summed E-state index contributed by atoms with van der Waals surface area (Å²) in [5, 5.41) is 43.5. The van der Waals surface area contributed by atoms with Crippen molar-refractivity contribution >= 4 is 26.4 Å². The molecule has 0 fully saturated rings. The van der Waals surface area contributed by atoms with E-state index in [9.17, 15) is 0 Å². The molecule has 9 heteroatoms. The average Bonchev–Trinajstić information content (AvgIpc) is 1.81. The second-order valence-corrected chi connectivity index (χ2v) is 5.81. The number of hydrogen-bond donors (Lipinski definition) is 2. The van der Waals surface area contributed by atoms with Crippen molar-refractivity contribution in [1.82, 2.24) is 0 Å². The van der Waals surface area contributed by atoms with Gasteiger partial charge in [0.1, 0.15) is 0 Å². The Morgan fingerprint density at radius 2 is 1.00 bits per heavy atom. The van der Waals surface area contributed by atoms with Crippen LogP contribution in [0.15, 0.2) is 0 Å². The predicted octanol–water partition coefficient (Wildman–Crippen LogP) is -2.04. The van der Waals surface area contributed by atoms with Crippen LogP contribution < -0.4 is 15.1 Å². The van der Waals surface area contributed by atoms with Gasteiger partial charge in [-0.25, -0.2) is 0 Å². The molecule has 0 aliphatic rings. The van der Waals surface area contributed by atoms with Crippen LogP contribution in [0.5, 0.6) is 0 Å². The fourth-order valence-electron chi connectivity index (χ4n) is 0. The Hall–Kier alpha value is 1.11. The molecule has 0 heterocycles. The van der Waals surface area contributed by atoms with Gasteiger partial charge in [-0.15, -0.1) is 0 Å². The minimum Gasteiger partial charge on any atom is -0.907 e. The predicted molar refractivity (Wildman–Crippen MR) is 50.1 cm³/mol. The maximum absolute atomic E-state index is 9.10. The van der Waals surface area contributed by atoms with E-state index in [1.165, 1.54) is 0 Å². The van der Waals surface area contributed by atoms with Crippen LogP contribution in [0.4, 0.5) is 0 Å². The zero-order valence-corrected chi connectivity index (χ0v) is 11.8. The van der Waals surface area contributed by atoms with E-state index < -0.39 is 18.5 Å². The first kappa shape index (κ1) is 21.4. The molecule has 0 spiro atoms. The molecular weight excluding hydrogens is 340 g/mol. The number of halogens is 2. The minimum atomic E-state index is -2.92. The van der Waals surface area contributed by atoms with Gasteiger partial charge in [0.25, 0.3) is 0 Å². The van der Waals surface area contributed by atoms with E-state index in [4.69, 9.17) is 44.3 Å². The zero-order valence-electron chi connectivity index (χ0n) is 8.77. The molecule has 0 aromatic rings. The van der Waals surface area contributed by atoms with Crippen molar-refractivity contribution in [2.75, 3.05) is 0 Å². The van der Waals surface area contributed by atoms with Crippen LogP contribution in [0.3, 0.4) is 0 Å². The first-order chi connectivity index (χ1) is 6.40. The molecule has 0 amide bonds. The Bertz CT molecular complexity index is 122. The van der Waals surface area contributed by atoms with Gasteiger partial charge in [0, 0.05) is 0 Å². The van der Waals surface area contributed by atoms with Crippen LogP contribution in [0.25, 0.3) is 0 Å². The van der Waals surface area contributed by atoms with Gasteiger partial charge in [-0.05, 0) is 27.7 Å². The molecule has 0 aliphatic carbocycles. The van der Waals surface area contributed by atoms with Gasteiger partial charge in [-0.3, -0.25) is 7.32 Å². The molecule has 95 valence electrons. The van der Waals surface area contributed by atoms with Crippen molar-refractivity contribution < 1.29 is 41.2 Å². The fraction of sp³-hybridized carbons (Fsp3) is 1.00. The van der Waals surface area contributed by atoms with Crippen LogP contribution in [0, 0.1) is 0 Å². The van der Waals surface area contributed by atoms with Gasteiger partial charge in [-0.2, -0.15) is 0 Å². The second kappa shape index (κ2) is 10.3. The molecule has 15 heavy (non-hydrogen) atoms. The van der Waals surface area contributed by atoms with Crippen molar-refractivity contribution in [3.8, 4) is 0 Å². The van der Waals surface area contributed by atoms with E-state index in [1.807, 2.05) is 0 Å². The Kier molecular flexibility index (Phi) is 14.7. The van der Waals surface area contributed by atoms with Crippen molar-refractivity contribution in [1.29, 1.82) is 0 Å². The maximum atomic E-state index is 9.10. The fourth-order valence-corrected chi connectivity index (χ4v) is 0. The van der Waals surface area contributed by atoms with E-state index in [2.05, 4.69) is 0 Å². The first-order valence-electron chi connectivity index (χ1n) is 3.64. The topological polar surface area (TPSA) is 110 Å². The minimum absolute atomic E-state index is 0.106. The van der Waals surface area contributed by atoms with Gasteiger partial charge in [0.15, 0.2) is 0 Å². The van der Waals surface area contributed by atoms with Crippen LogP contribution in [0.1, 0.15) is 27.7 Å². The van der Waals surface area contributed by atoms with Crippen molar-refractivity contribution in [3.05, 3.63) is 0 Å². The van der Waals surface area contributed by atoms with Crippen LogP contribution in [0.2, 0.25) is 0 Å². The number of hydrogen-bond acceptors (Lipinski definition) is 5. The standard InChI is InChI=1S/C6H14O2.BO3.2ClH.Pd/c1-5(2,7)6(3,4)8;2-1(3)4;;;/h7-8H,1-4H3;;2*1H;/q;-3;;;+5/p-2. The number of rotatable bonds is 1. The Labute approximate surface area is 106 Å². The molecule has 0 aliphatic heterocycles. The molecule has 0 radical (unpaired) electrons. The summed E-state index contributed by atoms with van der Waals surface area (Å²) in [5.74, 6) is 0. The summed E-state index contributed by atoms with van der Waals surface area (Å²) in [7, 11) is 6.71. The third-order valence-electron chi connectivity index (χ3n) is 1.50. The molecule has 0 saturated carbocycles. The molecule has 2 N–H and O–H groups in total. The third kappa shape index (κ3) is 25.4. The Morgan fingerprint density at radius 1 is 0.933 bits per heavy atom. The van der Waals surface area contributed by atoms with Gasteiger partial charge in [0.2, 0.25) is 0 Å².